The largest absolute Gasteiger partial charge is 0.416 e. The lowest BCUT2D eigenvalue weighted by Crippen LogP contribution is -2.27. The van der Waals surface area contributed by atoms with E-state index in [1.165, 1.54) is 30.5 Å². The number of aryl methyl sites for hydroxylation is 1. The molecule has 2 aromatic carbocycles. The van der Waals surface area contributed by atoms with Crippen LogP contribution in [0.1, 0.15) is 45.5 Å². The number of alkyl halides is 3. The number of hydrazine groups is 1. The second kappa shape index (κ2) is 12.3. The fourth-order valence-corrected chi connectivity index (χ4v) is 4.59. The monoisotopic (exact) mass is 554 g/mol. The number of carbonyl (C=O) groups is 1. The van der Waals surface area contributed by atoms with E-state index in [-0.39, 0.29) is 16.8 Å². The van der Waals surface area contributed by atoms with E-state index >= 15 is 0 Å². The zero-order chi connectivity index (χ0) is 28.9. The lowest BCUT2D eigenvalue weighted by Gasteiger charge is -2.20. The molecule has 0 atom stereocenters. The maximum atomic E-state index is 13.9. The number of rotatable bonds is 9. The quantitative estimate of drug-likeness (QED) is 0.225. The van der Waals surface area contributed by atoms with Gasteiger partial charge in [-0.25, -0.2) is 15.8 Å². The SMILES string of the molecule is Cc1ccc(NC(=O)c2cc(NCCN3CCCC3)c(C)c(C(F)(F)F)c2)cc1N(N)/C=C(\N)c1cncnc1. The normalized spacial score (nSPS) is 14.3. The highest BCUT2D eigenvalue weighted by atomic mass is 19.4. The smallest absolute Gasteiger partial charge is 0.397 e. The Bertz CT molecular complexity index is 1370. The van der Waals surface area contributed by atoms with E-state index in [0.29, 0.717) is 29.2 Å². The van der Waals surface area contributed by atoms with Crippen LogP contribution in [0.2, 0.25) is 0 Å². The van der Waals surface area contributed by atoms with Crippen molar-refractivity contribution in [2.24, 2.45) is 11.6 Å². The van der Waals surface area contributed by atoms with Gasteiger partial charge in [-0.1, -0.05) is 6.07 Å². The molecule has 40 heavy (non-hydrogen) atoms. The predicted molar refractivity (Wildman–Crippen MR) is 150 cm³/mol. The summed E-state index contributed by atoms with van der Waals surface area (Å²) < 4.78 is 41.6. The molecule has 9 nitrogen and oxygen atoms in total. The highest BCUT2D eigenvalue weighted by Crippen LogP contribution is 2.36. The Morgan fingerprint density at radius 3 is 2.48 bits per heavy atom. The molecule has 6 N–H and O–H groups in total. The van der Waals surface area contributed by atoms with Crippen molar-refractivity contribution < 1.29 is 18.0 Å². The third kappa shape index (κ3) is 7.07. The Balaban J connectivity index is 1.55. The summed E-state index contributed by atoms with van der Waals surface area (Å²) in [6.45, 7) is 6.40. The number of nitrogens with two attached hydrogens (primary N) is 2. The standard InChI is InChI=1S/C28H33F3N8O/c1-18-5-6-22(13-26(18)39(33)16-24(32)21-14-34-17-35-15-21)37-27(40)20-11-23(28(29,30)31)19(2)25(12-20)36-7-10-38-8-3-4-9-38/h5-6,11-17,36H,3-4,7-10,32-33H2,1-2H3,(H,37,40)/b24-16-. The molecule has 1 saturated heterocycles. The molecular formula is C28H33F3N8O. The second-order valence-electron chi connectivity index (χ2n) is 9.74. The molecule has 0 bridgehead atoms. The summed E-state index contributed by atoms with van der Waals surface area (Å²) in [4.78, 5) is 23.3. The van der Waals surface area contributed by atoms with Gasteiger partial charge in [0.05, 0.1) is 16.9 Å². The van der Waals surface area contributed by atoms with E-state index in [1.807, 2.05) is 6.92 Å². The third-order valence-electron chi connectivity index (χ3n) is 6.83. The molecule has 1 fully saturated rings. The molecule has 3 aromatic rings. The van der Waals surface area contributed by atoms with Crippen molar-refractivity contribution in [2.75, 3.05) is 41.8 Å². The van der Waals surface area contributed by atoms with Crippen LogP contribution in [-0.2, 0) is 6.18 Å². The van der Waals surface area contributed by atoms with Gasteiger partial charge in [0.25, 0.3) is 5.91 Å². The lowest BCUT2D eigenvalue weighted by molar-refractivity contribution is -0.138. The molecule has 0 unspecified atom stereocenters. The molecule has 0 radical (unpaired) electrons. The van der Waals surface area contributed by atoms with Gasteiger partial charge in [0, 0.05) is 54.2 Å². The van der Waals surface area contributed by atoms with Crippen LogP contribution in [0, 0.1) is 13.8 Å². The van der Waals surface area contributed by atoms with E-state index in [1.54, 1.807) is 30.6 Å². The number of amides is 1. The molecule has 12 heteroatoms. The topological polar surface area (TPSA) is 125 Å². The van der Waals surface area contributed by atoms with Crippen LogP contribution in [0.4, 0.5) is 30.2 Å². The van der Waals surface area contributed by atoms with Crippen LogP contribution in [-0.4, -0.2) is 47.0 Å². The van der Waals surface area contributed by atoms with E-state index in [0.717, 1.165) is 44.1 Å². The van der Waals surface area contributed by atoms with Gasteiger partial charge < -0.3 is 21.3 Å². The van der Waals surface area contributed by atoms with Crippen LogP contribution < -0.4 is 27.2 Å². The number of halogens is 3. The van der Waals surface area contributed by atoms with Crippen molar-refractivity contribution >= 4 is 28.7 Å². The number of carbonyl (C=O) groups excluding carboxylic acids is 1. The summed E-state index contributed by atoms with van der Waals surface area (Å²) in [5.41, 5.74) is 8.04. The van der Waals surface area contributed by atoms with E-state index in [2.05, 4.69) is 25.5 Å². The van der Waals surface area contributed by atoms with Crippen LogP contribution >= 0.6 is 0 Å². The number of nitrogens with zero attached hydrogens (tertiary/aromatic N) is 4. The van der Waals surface area contributed by atoms with Gasteiger partial charge in [0.15, 0.2) is 0 Å². The fraction of sp³-hybridized carbons (Fsp3) is 0.321. The van der Waals surface area contributed by atoms with Crippen molar-refractivity contribution in [3.05, 3.63) is 83.1 Å². The Morgan fingerprint density at radius 1 is 1.10 bits per heavy atom. The van der Waals surface area contributed by atoms with Gasteiger partial charge in [-0.15, -0.1) is 0 Å². The molecule has 4 rings (SSSR count). The van der Waals surface area contributed by atoms with Crippen LogP contribution in [0.3, 0.4) is 0 Å². The van der Waals surface area contributed by atoms with Gasteiger partial charge in [0.1, 0.15) is 6.33 Å². The van der Waals surface area contributed by atoms with Gasteiger partial charge >= 0.3 is 6.18 Å². The van der Waals surface area contributed by atoms with E-state index < -0.39 is 17.6 Å². The van der Waals surface area contributed by atoms with Gasteiger partial charge in [0.2, 0.25) is 0 Å². The maximum absolute atomic E-state index is 13.9. The summed E-state index contributed by atoms with van der Waals surface area (Å²) in [7, 11) is 0. The molecule has 1 amide bonds. The Hall–Kier alpha value is -4.16. The Kier molecular flexibility index (Phi) is 8.90. The minimum atomic E-state index is -4.61. The van der Waals surface area contributed by atoms with Crippen molar-refractivity contribution in [3.63, 3.8) is 0 Å². The maximum Gasteiger partial charge on any atom is 0.416 e. The first-order chi connectivity index (χ1) is 19.0. The van der Waals surface area contributed by atoms with Crippen LogP contribution in [0.25, 0.3) is 5.70 Å². The van der Waals surface area contributed by atoms with Gasteiger partial charge in [-0.3, -0.25) is 9.80 Å². The second-order valence-corrected chi connectivity index (χ2v) is 9.74. The predicted octanol–water partition coefficient (Wildman–Crippen LogP) is 4.51. The molecule has 0 saturated carbocycles. The molecule has 0 aliphatic carbocycles. The average Bonchev–Trinajstić information content (AvgIpc) is 3.44. The number of aromatic nitrogens is 2. The highest BCUT2D eigenvalue weighted by Gasteiger charge is 2.34. The number of likely N-dealkylation sites (tertiary alicyclic amines) is 1. The molecular weight excluding hydrogens is 521 g/mol. The number of nitrogens with one attached hydrogen (secondary N) is 2. The average molecular weight is 555 g/mol. The summed E-state index contributed by atoms with van der Waals surface area (Å²) in [6.07, 6.45) is 3.60. The zero-order valence-corrected chi connectivity index (χ0v) is 22.4. The summed E-state index contributed by atoms with van der Waals surface area (Å²) in [5.74, 6) is 5.55. The third-order valence-corrected chi connectivity index (χ3v) is 6.83. The van der Waals surface area contributed by atoms with Crippen molar-refractivity contribution in [2.45, 2.75) is 32.9 Å². The minimum Gasteiger partial charge on any atom is -0.397 e. The zero-order valence-electron chi connectivity index (χ0n) is 22.4. The Morgan fingerprint density at radius 2 is 1.80 bits per heavy atom. The molecule has 1 aliphatic rings. The number of hydrogen-bond donors (Lipinski definition) is 4. The first kappa shape index (κ1) is 28.8. The first-order valence-corrected chi connectivity index (χ1v) is 12.9. The number of anilines is 3. The molecule has 2 heterocycles. The van der Waals surface area contributed by atoms with Gasteiger partial charge in [-0.2, -0.15) is 13.2 Å². The first-order valence-electron chi connectivity index (χ1n) is 12.9. The van der Waals surface area contributed by atoms with Crippen LogP contribution in [0.5, 0.6) is 0 Å². The highest BCUT2D eigenvalue weighted by molar-refractivity contribution is 6.05. The number of benzene rings is 2. The summed E-state index contributed by atoms with van der Waals surface area (Å²) >= 11 is 0. The van der Waals surface area contributed by atoms with Crippen molar-refractivity contribution in [1.82, 2.24) is 14.9 Å². The molecule has 1 aliphatic heterocycles. The molecule has 0 spiro atoms. The molecule has 1 aromatic heterocycles. The van der Waals surface area contributed by atoms with E-state index in [9.17, 15) is 18.0 Å². The fourth-order valence-electron chi connectivity index (χ4n) is 4.59. The summed E-state index contributed by atoms with van der Waals surface area (Å²) in [5, 5.41) is 7.09. The van der Waals surface area contributed by atoms with Crippen molar-refractivity contribution in [1.29, 1.82) is 0 Å². The Labute approximate surface area is 231 Å². The summed E-state index contributed by atoms with van der Waals surface area (Å²) in [6, 6.07) is 7.34. The lowest BCUT2D eigenvalue weighted by atomic mass is 10.0. The number of hydrogen-bond acceptors (Lipinski definition) is 8. The van der Waals surface area contributed by atoms with Crippen LogP contribution in [0.15, 0.2) is 55.3 Å². The van der Waals surface area contributed by atoms with Gasteiger partial charge in [-0.05, 0) is 75.2 Å². The van der Waals surface area contributed by atoms with Crippen molar-refractivity contribution in [3.8, 4) is 0 Å². The molecule has 212 valence electrons. The van der Waals surface area contributed by atoms with E-state index in [4.69, 9.17) is 11.6 Å². The minimum absolute atomic E-state index is 0.0510.